The van der Waals surface area contributed by atoms with Crippen molar-refractivity contribution in [1.82, 2.24) is 4.72 Å². The maximum absolute atomic E-state index is 12.8. The van der Waals surface area contributed by atoms with E-state index in [1.165, 1.54) is 31.2 Å². The lowest BCUT2D eigenvalue weighted by Crippen LogP contribution is -2.27. The highest BCUT2D eigenvalue weighted by molar-refractivity contribution is 7.88. The summed E-state index contributed by atoms with van der Waals surface area (Å²) in [4.78, 5) is 11.1. The normalized spacial score (nSPS) is 12.7. The van der Waals surface area contributed by atoms with Crippen LogP contribution in [0.2, 0.25) is 0 Å². The van der Waals surface area contributed by atoms with Crippen molar-refractivity contribution in [3.05, 3.63) is 30.1 Å². The van der Waals surface area contributed by atoms with Crippen LogP contribution in [0.4, 0.5) is 4.39 Å². The van der Waals surface area contributed by atoms with Crippen LogP contribution in [0.1, 0.15) is 19.8 Å². The second-order valence-corrected chi connectivity index (χ2v) is 6.64. The fraction of sp³-hybridized carbons (Fsp3) is 0.500. The average Bonchev–Trinajstić information content (AvgIpc) is 2.40. The van der Waals surface area contributed by atoms with Crippen molar-refractivity contribution in [2.75, 3.05) is 19.4 Å². The summed E-state index contributed by atoms with van der Waals surface area (Å²) in [6.07, 6.45) is 1.53. The minimum absolute atomic E-state index is 0.115. The first-order valence-corrected chi connectivity index (χ1v) is 8.65. The number of halogens is 1. The number of carbonyl (C=O) groups is 1. The Balaban J connectivity index is 2.42. The Bertz CT molecular complexity index is 573. The minimum atomic E-state index is -3.23. The van der Waals surface area contributed by atoms with E-state index >= 15 is 0 Å². The summed E-state index contributed by atoms with van der Waals surface area (Å²) in [6.45, 7) is 1.66. The number of hydrogen-bond acceptors (Lipinski definition) is 5. The number of ether oxygens (including phenoxy) is 2. The zero-order valence-electron chi connectivity index (χ0n) is 12.5. The van der Waals surface area contributed by atoms with Crippen LogP contribution in [0.25, 0.3) is 0 Å². The minimum Gasteiger partial charge on any atom is -0.490 e. The summed E-state index contributed by atoms with van der Waals surface area (Å²) >= 11 is 0. The van der Waals surface area contributed by atoms with Gasteiger partial charge in [-0.1, -0.05) is 0 Å². The van der Waals surface area contributed by atoms with E-state index in [1.807, 2.05) is 0 Å². The number of nitrogens with one attached hydrogen (secondary N) is 1. The molecule has 0 aliphatic heterocycles. The third-order valence-corrected chi connectivity index (χ3v) is 3.38. The number of sulfonamides is 1. The molecule has 1 rings (SSSR count). The van der Waals surface area contributed by atoms with Gasteiger partial charge in [0.2, 0.25) is 10.0 Å². The predicted molar refractivity (Wildman–Crippen MR) is 79.5 cm³/mol. The van der Waals surface area contributed by atoms with E-state index in [9.17, 15) is 17.6 Å². The highest BCUT2D eigenvalue weighted by Gasteiger charge is 2.13. The largest absolute Gasteiger partial charge is 0.490 e. The maximum atomic E-state index is 12.8. The molecular formula is C14H20FNO5S. The number of rotatable bonds is 9. The first-order valence-electron chi connectivity index (χ1n) is 6.76. The van der Waals surface area contributed by atoms with E-state index in [0.717, 1.165) is 6.26 Å². The summed E-state index contributed by atoms with van der Waals surface area (Å²) in [5.41, 5.74) is 0. The van der Waals surface area contributed by atoms with Crippen molar-refractivity contribution in [2.45, 2.75) is 25.9 Å². The first kappa shape index (κ1) is 18.4. The zero-order valence-corrected chi connectivity index (χ0v) is 13.4. The van der Waals surface area contributed by atoms with Crippen molar-refractivity contribution in [1.29, 1.82) is 0 Å². The third-order valence-electron chi connectivity index (χ3n) is 2.65. The zero-order chi connectivity index (χ0) is 16.6. The molecule has 0 amide bonds. The topological polar surface area (TPSA) is 81.7 Å². The van der Waals surface area contributed by atoms with Gasteiger partial charge >= 0.3 is 5.97 Å². The Labute approximate surface area is 129 Å². The Morgan fingerprint density at radius 1 is 1.32 bits per heavy atom. The van der Waals surface area contributed by atoms with Crippen molar-refractivity contribution < 1.29 is 27.1 Å². The quantitative estimate of drug-likeness (QED) is 0.547. The predicted octanol–water partition coefficient (Wildman–Crippen LogP) is 1.47. The molecule has 0 radical (unpaired) electrons. The van der Waals surface area contributed by atoms with E-state index in [1.54, 1.807) is 0 Å². The summed E-state index contributed by atoms with van der Waals surface area (Å²) in [5.74, 6) is -0.340. The van der Waals surface area contributed by atoms with Gasteiger partial charge in [0.25, 0.3) is 0 Å². The number of hydrogen-bond donors (Lipinski definition) is 1. The molecule has 124 valence electrons. The van der Waals surface area contributed by atoms with Gasteiger partial charge < -0.3 is 9.47 Å². The van der Waals surface area contributed by atoms with Crippen LogP contribution >= 0.6 is 0 Å². The van der Waals surface area contributed by atoms with Crippen LogP contribution < -0.4 is 9.46 Å². The molecule has 1 unspecified atom stereocenters. The monoisotopic (exact) mass is 333 g/mol. The molecule has 0 spiro atoms. The molecule has 0 aromatic heterocycles. The second kappa shape index (κ2) is 8.70. The first-order chi connectivity index (χ1) is 10.3. The van der Waals surface area contributed by atoms with Crippen LogP contribution in [-0.4, -0.2) is 39.9 Å². The fourth-order valence-corrected chi connectivity index (χ4v) is 2.23. The molecule has 6 nitrogen and oxygen atoms in total. The van der Waals surface area contributed by atoms with Gasteiger partial charge in [-0.25, -0.2) is 17.5 Å². The Kier molecular flexibility index (Phi) is 7.26. The Morgan fingerprint density at radius 3 is 2.50 bits per heavy atom. The van der Waals surface area contributed by atoms with Gasteiger partial charge in [-0.05, 0) is 37.1 Å². The number of benzene rings is 1. The highest BCUT2D eigenvalue weighted by Crippen LogP contribution is 2.13. The summed E-state index contributed by atoms with van der Waals surface area (Å²) < 4.78 is 47.6. The molecule has 0 aliphatic carbocycles. The van der Waals surface area contributed by atoms with Gasteiger partial charge in [0.05, 0.1) is 6.26 Å². The van der Waals surface area contributed by atoms with Crippen LogP contribution in [0.3, 0.4) is 0 Å². The average molecular weight is 333 g/mol. The van der Waals surface area contributed by atoms with E-state index in [0.29, 0.717) is 18.6 Å². The molecule has 22 heavy (non-hydrogen) atoms. The number of esters is 1. The van der Waals surface area contributed by atoms with Crippen LogP contribution in [0.5, 0.6) is 5.75 Å². The fourth-order valence-electron chi connectivity index (χ4n) is 1.72. The van der Waals surface area contributed by atoms with Crippen molar-refractivity contribution in [3.63, 3.8) is 0 Å². The van der Waals surface area contributed by atoms with Crippen molar-refractivity contribution in [2.24, 2.45) is 0 Å². The summed E-state index contributed by atoms with van der Waals surface area (Å²) in [7, 11) is -3.23. The highest BCUT2D eigenvalue weighted by atomic mass is 32.2. The summed E-state index contributed by atoms with van der Waals surface area (Å²) in [6, 6.07) is 5.50. The molecule has 0 saturated heterocycles. The smallest absolute Gasteiger partial charge is 0.303 e. The Morgan fingerprint density at radius 2 is 1.95 bits per heavy atom. The lowest BCUT2D eigenvalue weighted by molar-refractivity contribution is -0.148. The van der Waals surface area contributed by atoms with Crippen LogP contribution in [0.15, 0.2) is 24.3 Å². The lowest BCUT2D eigenvalue weighted by atomic mass is 10.2. The standard InChI is InChI=1S/C14H20FNO5S/c1-11(17)21-14(4-3-9-16-22(2,18)19)10-20-13-7-5-12(15)6-8-13/h5-8,14,16H,3-4,9-10H2,1-2H3. The maximum Gasteiger partial charge on any atom is 0.303 e. The van der Waals surface area contributed by atoms with E-state index in [4.69, 9.17) is 9.47 Å². The van der Waals surface area contributed by atoms with Gasteiger partial charge in [0, 0.05) is 13.5 Å². The van der Waals surface area contributed by atoms with Gasteiger partial charge in [-0.2, -0.15) is 0 Å². The molecule has 8 heteroatoms. The van der Waals surface area contributed by atoms with Gasteiger partial charge in [0.15, 0.2) is 0 Å². The molecule has 1 aromatic carbocycles. The van der Waals surface area contributed by atoms with Crippen LogP contribution in [-0.2, 0) is 19.6 Å². The molecule has 0 fully saturated rings. The molecule has 1 N–H and O–H groups in total. The van der Waals surface area contributed by atoms with E-state index < -0.39 is 22.1 Å². The molecular weight excluding hydrogens is 313 g/mol. The van der Waals surface area contributed by atoms with Gasteiger partial charge in [0.1, 0.15) is 24.3 Å². The van der Waals surface area contributed by atoms with E-state index in [2.05, 4.69) is 4.72 Å². The molecule has 0 saturated carbocycles. The van der Waals surface area contributed by atoms with Crippen LogP contribution in [0, 0.1) is 5.82 Å². The summed E-state index contributed by atoms with van der Waals surface area (Å²) in [5, 5.41) is 0. The van der Waals surface area contributed by atoms with Crippen molar-refractivity contribution in [3.8, 4) is 5.75 Å². The Hall–Kier alpha value is -1.67. The van der Waals surface area contributed by atoms with E-state index in [-0.39, 0.29) is 19.0 Å². The van der Waals surface area contributed by atoms with Gasteiger partial charge in [-0.15, -0.1) is 0 Å². The molecule has 1 aromatic rings. The molecule has 0 aliphatic rings. The SMILES string of the molecule is CC(=O)OC(CCCNS(C)(=O)=O)COc1ccc(F)cc1. The van der Waals surface area contributed by atoms with Gasteiger partial charge in [-0.3, -0.25) is 4.79 Å². The third kappa shape index (κ3) is 8.58. The molecule has 0 bridgehead atoms. The second-order valence-electron chi connectivity index (χ2n) is 4.81. The molecule has 1 atom stereocenters. The molecule has 0 heterocycles. The lowest BCUT2D eigenvalue weighted by Gasteiger charge is -2.17. The van der Waals surface area contributed by atoms with Crippen molar-refractivity contribution >= 4 is 16.0 Å². The number of carbonyl (C=O) groups excluding carboxylic acids is 1.